The minimum Gasteiger partial charge on any atom is -0.369 e. The Morgan fingerprint density at radius 3 is 2.31 bits per heavy atom. The average Bonchev–Trinajstić information content (AvgIpc) is 2.93. The van der Waals surface area contributed by atoms with E-state index in [1.807, 2.05) is 42.5 Å². The van der Waals surface area contributed by atoms with Crippen molar-refractivity contribution in [1.82, 2.24) is 20.5 Å². The molecule has 2 aromatic carbocycles. The molecule has 3 aromatic rings. The van der Waals surface area contributed by atoms with Crippen molar-refractivity contribution in [3.63, 3.8) is 0 Å². The van der Waals surface area contributed by atoms with Gasteiger partial charge < -0.3 is 15.5 Å². The van der Waals surface area contributed by atoms with Crippen molar-refractivity contribution in [3.05, 3.63) is 96.1 Å². The predicted molar refractivity (Wildman–Crippen MR) is 138 cm³/mol. The molecule has 2 heterocycles. The van der Waals surface area contributed by atoms with Crippen LogP contribution in [-0.4, -0.2) is 61.0 Å². The summed E-state index contributed by atoms with van der Waals surface area (Å²) in [6.07, 6.45) is 5.12. The van der Waals surface area contributed by atoms with E-state index in [9.17, 15) is 14.0 Å². The molecule has 2 amide bonds. The van der Waals surface area contributed by atoms with Gasteiger partial charge in [-0.3, -0.25) is 19.5 Å². The molecule has 1 fully saturated rings. The molecule has 1 saturated heterocycles. The van der Waals surface area contributed by atoms with Crippen molar-refractivity contribution >= 4 is 17.5 Å². The number of hydrogen-bond acceptors (Lipinski definition) is 5. The molecule has 0 saturated carbocycles. The smallest absolute Gasteiger partial charge is 0.309 e. The van der Waals surface area contributed by atoms with Crippen LogP contribution in [0.25, 0.3) is 0 Å². The summed E-state index contributed by atoms with van der Waals surface area (Å²) in [6.45, 7) is 3.82. The van der Waals surface area contributed by atoms with Gasteiger partial charge in [0, 0.05) is 57.3 Å². The van der Waals surface area contributed by atoms with Gasteiger partial charge in [-0.15, -0.1) is 0 Å². The fraction of sp³-hybridized carbons (Fsp3) is 0.321. The predicted octanol–water partition coefficient (Wildman–Crippen LogP) is 2.95. The van der Waals surface area contributed by atoms with Crippen LogP contribution in [-0.2, 0) is 16.0 Å². The van der Waals surface area contributed by atoms with E-state index in [-0.39, 0.29) is 11.9 Å². The number of anilines is 1. The van der Waals surface area contributed by atoms with Gasteiger partial charge in [0.25, 0.3) is 0 Å². The van der Waals surface area contributed by atoms with Gasteiger partial charge >= 0.3 is 11.8 Å². The molecule has 188 valence electrons. The molecule has 0 spiro atoms. The molecular formula is C28H32FN5O2. The average molecular weight is 490 g/mol. The molecule has 0 unspecified atom stereocenters. The second-order valence-electron chi connectivity index (χ2n) is 8.86. The van der Waals surface area contributed by atoms with Gasteiger partial charge in [0.15, 0.2) is 0 Å². The molecule has 0 aliphatic carbocycles. The maximum atomic E-state index is 13.3. The molecule has 8 heteroatoms. The fourth-order valence-electron chi connectivity index (χ4n) is 4.46. The molecule has 2 N–H and O–H groups in total. The zero-order valence-electron chi connectivity index (χ0n) is 20.3. The van der Waals surface area contributed by atoms with Crippen molar-refractivity contribution in [1.29, 1.82) is 0 Å². The lowest BCUT2D eigenvalue weighted by atomic mass is 10.1. The van der Waals surface area contributed by atoms with E-state index in [0.717, 1.165) is 50.3 Å². The van der Waals surface area contributed by atoms with Gasteiger partial charge in [0.1, 0.15) is 5.82 Å². The van der Waals surface area contributed by atoms with E-state index in [2.05, 4.69) is 25.4 Å². The minimum atomic E-state index is -0.631. The van der Waals surface area contributed by atoms with Crippen LogP contribution in [0.2, 0.25) is 0 Å². The largest absolute Gasteiger partial charge is 0.369 e. The zero-order valence-corrected chi connectivity index (χ0v) is 20.3. The first-order valence-electron chi connectivity index (χ1n) is 12.3. The number of hydrogen-bond donors (Lipinski definition) is 2. The molecule has 1 aliphatic heterocycles. The Morgan fingerprint density at radius 1 is 0.889 bits per heavy atom. The van der Waals surface area contributed by atoms with Crippen molar-refractivity contribution in [2.24, 2.45) is 0 Å². The fourth-order valence-corrected chi connectivity index (χ4v) is 4.46. The van der Waals surface area contributed by atoms with E-state index in [0.29, 0.717) is 13.1 Å². The molecule has 1 atom stereocenters. The summed E-state index contributed by atoms with van der Waals surface area (Å²) in [4.78, 5) is 33.6. The number of carbonyl (C=O) groups is 2. The van der Waals surface area contributed by atoms with Gasteiger partial charge in [-0.05, 0) is 54.3 Å². The number of aromatic nitrogens is 1. The second kappa shape index (κ2) is 12.8. The summed E-state index contributed by atoms with van der Waals surface area (Å²) in [5, 5.41) is 5.52. The third-order valence-electron chi connectivity index (χ3n) is 6.45. The first kappa shape index (κ1) is 25.3. The van der Waals surface area contributed by atoms with E-state index in [1.165, 1.54) is 17.7 Å². The number of nitrogens with zero attached hydrogens (tertiary/aromatic N) is 3. The standard InChI is InChI=1S/C28H32FN5O2/c29-24-10-12-25(13-11-24)33-16-18-34(19-17-33)26(23-9-5-14-30-20-23)21-32-28(36)27(35)31-15-4-8-22-6-2-1-3-7-22/h1-3,5-7,9-14,20,26H,4,8,15-19,21H2,(H,31,35)(H,32,36)/t26-/m0/s1. The number of piperazine rings is 1. The maximum Gasteiger partial charge on any atom is 0.309 e. The number of nitrogens with one attached hydrogen (secondary N) is 2. The van der Waals surface area contributed by atoms with Crippen LogP contribution < -0.4 is 15.5 Å². The molecule has 7 nitrogen and oxygen atoms in total. The Hall–Kier alpha value is -3.78. The Kier molecular flexibility index (Phi) is 8.99. The normalized spacial score (nSPS) is 14.8. The number of carbonyl (C=O) groups excluding carboxylic acids is 2. The number of pyridine rings is 1. The van der Waals surface area contributed by atoms with E-state index < -0.39 is 11.8 Å². The molecule has 0 radical (unpaired) electrons. The Labute approximate surface area is 211 Å². The summed E-state index contributed by atoms with van der Waals surface area (Å²) < 4.78 is 13.3. The topological polar surface area (TPSA) is 77.6 Å². The van der Waals surface area contributed by atoms with Crippen molar-refractivity contribution in [2.45, 2.75) is 18.9 Å². The Bertz CT molecular complexity index is 1100. The van der Waals surface area contributed by atoms with Crippen LogP contribution in [0.15, 0.2) is 79.1 Å². The third kappa shape index (κ3) is 7.11. The second-order valence-corrected chi connectivity index (χ2v) is 8.86. The van der Waals surface area contributed by atoms with Crippen LogP contribution in [0.3, 0.4) is 0 Å². The van der Waals surface area contributed by atoms with Gasteiger partial charge in [0.2, 0.25) is 0 Å². The lowest BCUT2D eigenvalue weighted by Crippen LogP contribution is -2.51. The number of halogens is 1. The Balaban J connectivity index is 1.28. The van der Waals surface area contributed by atoms with E-state index >= 15 is 0 Å². The van der Waals surface area contributed by atoms with Gasteiger partial charge in [-0.2, -0.15) is 0 Å². The highest BCUT2D eigenvalue weighted by Gasteiger charge is 2.26. The lowest BCUT2D eigenvalue weighted by Gasteiger charge is -2.40. The highest BCUT2D eigenvalue weighted by molar-refractivity contribution is 6.35. The number of amides is 2. The van der Waals surface area contributed by atoms with Crippen LogP contribution in [0.1, 0.15) is 23.6 Å². The quantitative estimate of drug-likeness (QED) is 0.357. The van der Waals surface area contributed by atoms with Gasteiger partial charge in [0.05, 0.1) is 6.04 Å². The third-order valence-corrected chi connectivity index (χ3v) is 6.45. The Morgan fingerprint density at radius 2 is 1.61 bits per heavy atom. The van der Waals surface area contributed by atoms with Gasteiger partial charge in [-0.1, -0.05) is 36.4 Å². The van der Waals surface area contributed by atoms with Crippen LogP contribution in [0.4, 0.5) is 10.1 Å². The van der Waals surface area contributed by atoms with Crippen molar-refractivity contribution < 1.29 is 14.0 Å². The monoisotopic (exact) mass is 489 g/mol. The molecule has 0 bridgehead atoms. The minimum absolute atomic E-state index is 0.108. The zero-order chi connectivity index (χ0) is 25.2. The molecular weight excluding hydrogens is 457 g/mol. The van der Waals surface area contributed by atoms with Gasteiger partial charge in [-0.25, -0.2) is 4.39 Å². The maximum absolute atomic E-state index is 13.3. The summed E-state index contributed by atoms with van der Waals surface area (Å²) in [5.74, 6) is -1.49. The molecule has 36 heavy (non-hydrogen) atoms. The summed E-state index contributed by atoms with van der Waals surface area (Å²) in [6, 6.07) is 20.3. The molecule has 1 aliphatic rings. The number of benzene rings is 2. The first-order valence-corrected chi connectivity index (χ1v) is 12.3. The van der Waals surface area contributed by atoms with E-state index in [4.69, 9.17) is 0 Å². The summed E-state index contributed by atoms with van der Waals surface area (Å²) in [5.41, 5.74) is 3.18. The van der Waals surface area contributed by atoms with E-state index in [1.54, 1.807) is 24.5 Å². The van der Waals surface area contributed by atoms with Crippen LogP contribution >= 0.6 is 0 Å². The SMILES string of the molecule is O=C(NCCCc1ccccc1)C(=O)NC[C@@H](c1cccnc1)N1CCN(c2ccc(F)cc2)CC1. The summed E-state index contributed by atoms with van der Waals surface area (Å²) >= 11 is 0. The molecule has 4 rings (SSSR count). The first-order chi connectivity index (χ1) is 17.6. The highest BCUT2D eigenvalue weighted by Crippen LogP contribution is 2.23. The number of aryl methyl sites for hydroxylation is 1. The summed E-state index contributed by atoms with van der Waals surface area (Å²) in [7, 11) is 0. The highest BCUT2D eigenvalue weighted by atomic mass is 19.1. The van der Waals surface area contributed by atoms with Crippen molar-refractivity contribution in [2.75, 3.05) is 44.2 Å². The number of rotatable bonds is 9. The lowest BCUT2D eigenvalue weighted by molar-refractivity contribution is -0.139. The van der Waals surface area contributed by atoms with Crippen LogP contribution in [0, 0.1) is 5.82 Å². The van der Waals surface area contributed by atoms with Crippen LogP contribution in [0.5, 0.6) is 0 Å². The molecule has 1 aromatic heterocycles. The van der Waals surface area contributed by atoms with Crippen molar-refractivity contribution in [3.8, 4) is 0 Å².